The van der Waals surface area contributed by atoms with Crippen molar-refractivity contribution < 1.29 is 0 Å². The van der Waals surface area contributed by atoms with Gasteiger partial charge in [-0.05, 0) is 18.9 Å². The Morgan fingerprint density at radius 3 is 3.00 bits per heavy atom. The Morgan fingerprint density at radius 1 is 1.82 bits per heavy atom. The number of rotatable bonds is 2. The molecule has 0 amide bonds. The minimum atomic E-state index is 0.373. The van der Waals surface area contributed by atoms with Gasteiger partial charge < -0.3 is 5.73 Å². The highest BCUT2D eigenvalue weighted by Gasteiger charge is 2.18. The molecule has 64 valence electrons. The molecule has 0 spiro atoms. The van der Waals surface area contributed by atoms with Gasteiger partial charge in [-0.25, -0.2) is 0 Å². The number of hydrogen-bond donors (Lipinski definition) is 1. The first-order valence-corrected chi connectivity index (χ1v) is 4.40. The molecule has 1 atom stereocenters. The molecule has 0 bridgehead atoms. The molecule has 0 saturated carbocycles. The Kier molecular flexibility index (Phi) is 3.37. The van der Waals surface area contributed by atoms with Gasteiger partial charge >= 0.3 is 0 Å². The summed E-state index contributed by atoms with van der Waals surface area (Å²) in [6.07, 6.45) is 1.12. The third kappa shape index (κ3) is 2.81. The lowest BCUT2D eigenvalue weighted by molar-refractivity contribution is 0.363. The topological polar surface area (TPSA) is 29.3 Å². The van der Waals surface area contributed by atoms with E-state index in [0.717, 1.165) is 26.1 Å². The number of nitrogens with zero attached hydrogens (tertiary/aromatic N) is 1. The van der Waals surface area contributed by atoms with E-state index in [-0.39, 0.29) is 0 Å². The first-order chi connectivity index (χ1) is 5.22. The highest BCUT2D eigenvalue weighted by molar-refractivity contribution is 6.25. The summed E-state index contributed by atoms with van der Waals surface area (Å²) in [5.41, 5.74) is 8.60. The monoisotopic (exact) mass is 174 g/mol. The van der Waals surface area contributed by atoms with E-state index < -0.39 is 0 Å². The van der Waals surface area contributed by atoms with Gasteiger partial charge in [-0.1, -0.05) is 11.6 Å². The zero-order valence-electron chi connectivity index (χ0n) is 6.89. The van der Waals surface area contributed by atoms with Crippen LogP contribution in [0.3, 0.4) is 0 Å². The molecule has 3 heteroatoms. The third-order valence-corrected chi connectivity index (χ3v) is 2.34. The predicted octanol–water partition coefficient (Wildman–Crippen LogP) is 1.16. The van der Waals surface area contributed by atoms with Crippen LogP contribution in [0.15, 0.2) is 11.1 Å². The van der Waals surface area contributed by atoms with Gasteiger partial charge in [-0.2, -0.15) is 0 Å². The van der Waals surface area contributed by atoms with E-state index in [0.29, 0.717) is 6.04 Å². The molecule has 0 radical (unpaired) electrons. The van der Waals surface area contributed by atoms with Crippen molar-refractivity contribution in [3.05, 3.63) is 11.1 Å². The van der Waals surface area contributed by atoms with E-state index in [1.807, 2.05) is 6.92 Å². The summed E-state index contributed by atoms with van der Waals surface area (Å²) in [7, 11) is 0. The van der Waals surface area contributed by atoms with Gasteiger partial charge in [0.2, 0.25) is 0 Å². The van der Waals surface area contributed by atoms with E-state index in [1.165, 1.54) is 5.57 Å². The van der Waals surface area contributed by atoms with Gasteiger partial charge in [0.1, 0.15) is 0 Å². The van der Waals surface area contributed by atoms with Crippen molar-refractivity contribution >= 4 is 11.6 Å². The van der Waals surface area contributed by atoms with E-state index in [1.54, 1.807) is 5.54 Å². The predicted molar refractivity (Wildman–Crippen MR) is 48.6 cm³/mol. The standard InChI is InChI=1S/C8H15ClN2/c1-7(4-9)5-11-3-2-8(10)6-11/h4,8H,2-3,5-6,10H2,1H3. The van der Waals surface area contributed by atoms with Crippen molar-refractivity contribution in [1.29, 1.82) is 0 Å². The van der Waals surface area contributed by atoms with Crippen LogP contribution in [0.5, 0.6) is 0 Å². The van der Waals surface area contributed by atoms with Crippen molar-refractivity contribution in [2.45, 2.75) is 19.4 Å². The van der Waals surface area contributed by atoms with Gasteiger partial charge in [-0.3, -0.25) is 4.90 Å². The summed E-state index contributed by atoms with van der Waals surface area (Å²) in [5, 5.41) is 0. The summed E-state index contributed by atoms with van der Waals surface area (Å²) in [6.45, 7) is 5.14. The SMILES string of the molecule is CC(=CCl)CN1CCC(N)C1. The maximum atomic E-state index is 5.75. The fourth-order valence-electron chi connectivity index (χ4n) is 1.39. The van der Waals surface area contributed by atoms with Crippen LogP contribution < -0.4 is 5.73 Å². The molecule has 0 aromatic heterocycles. The average Bonchev–Trinajstić information content (AvgIpc) is 2.35. The molecule has 2 N–H and O–H groups in total. The van der Waals surface area contributed by atoms with Crippen LogP contribution in [0.4, 0.5) is 0 Å². The van der Waals surface area contributed by atoms with E-state index in [9.17, 15) is 0 Å². The second-order valence-electron chi connectivity index (χ2n) is 3.24. The van der Waals surface area contributed by atoms with Crippen LogP contribution in [0.25, 0.3) is 0 Å². The van der Waals surface area contributed by atoms with Gasteiger partial charge in [-0.15, -0.1) is 0 Å². The smallest absolute Gasteiger partial charge is 0.0202 e. The minimum absolute atomic E-state index is 0.373. The summed E-state index contributed by atoms with van der Waals surface area (Å²) < 4.78 is 0. The maximum Gasteiger partial charge on any atom is 0.0202 e. The molecular weight excluding hydrogens is 160 g/mol. The second kappa shape index (κ2) is 4.10. The Hall–Kier alpha value is -0.0500. The molecule has 0 aliphatic carbocycles. The molecule has 0 aromatic carbocycles. The molecule has 11 heavy (non-hydrogen) atoms. The average molecular weight is 175 g/mol. The highest BCUT2D eigenvalue weighted by Crippen LogP contribution is 2.09. The zero-order valence-corrected chi connectivity index (χ0v) is 7.64. The van der Waals surface area contributed by atoms with Gasteiger partial charge in [0.05, 0.1) is 0 Å². The van der Waals surface area contributed by atoms with Crippen LogP contribution in [0.1, 0.15) is 13.3 Å². The van der Waals surface area contributed by atoms with Crippen LogP contribution in [-0.2, 0) is 0 Å². The Morgan fingerprint density at radius 2 is 2.55 bits per heavy atom. The van der Waals surface area contributed by atoms with Crippen LogP contribution in [0, 0.1) is 0 Å². The van der Waals surface area contributed by atoms with Crippen molar-refractivity contribution in [3.8, 4) is 0 Å². The number of hydrogen-bond acceptors (Lipinski definition) is 2. The summed E-state index contributed by atoms with van der Waals surface area (Å²) in [5.74, 6) is 0. The quantitative estimate of drug-likeness (QED) is 0.681. The molecule has 1 heterocycles. The Labute approximate surface area is 73.0 Å². The molecule has 1 aliphatic heterocycles. The van der Waals surface area contributed by atoms with Crippen molar-refractivity contribution in [2.75, 3.05) is 19.6 Å². The summed E-state index contributed by atoms with van der Waals surface area (Å²) in [4.78, 5) is 2.33. The fourth-order valence-corrected chi connectivity index (χ4v) is 1.46. The van der Waals surface area contributed by atoms with Gasteiger partial charge in [0.15, 0.2) is 0 Å². The zero-order chi connectivity index (χ0) is 8.27. The molecule has 1 unspecified atom stereocenters. The van der Waals surface area contributed by atoms with Crippen molar-refractivity contribution in [2.24, 2.45) is 5.73 Å². The molecule has 1 saturated heterocycles. The first kappa shape index (κ1) is 9.04. The molecule has 2 nitrogen and oxygen atoms in total. The van der Waals surface area contributed by atoms with E-state index in [2.05, 4.69) is 4.90 Å². The van der Waals surface area contributed by atoms with E-state index in [4.69, 9.17) is 17.3 Å². The largest absolute Gasteiger partial charge is 0.326 e. The number of likely N-dealkylation sites (tertiary alicyclic amines) is 1. The first-order valence-electron chi connectivity index (χ1n) is 3.96. The van der Waals surface area contributed by atoms with Gasteiger partial charge in [0.25, 0.3) is 0 Å². The molecule has 1 aliphatic rings. The molecular formula is C8H15ClN2. The normalized spacial score (nSPS) is 27.9. The number of halogens is 1. The lowest BCUT2D eigenvalue weighted by Gasteiger charge is -2.14. The van der Waals surface area contributed by atoms with Crippen LogP contribution in [-0.4, -0.2) is 30.6 Å². The van der Waals surface area contributed by atoms with Crippen LogP contribution in [0.2, 0.25) is 0 Å². The maximum absolute atomic E-state index is 5.75. The Balaban J connectivity index is 2.28. The molecule has 0 aromatic rings. The van der Waals surface area contributed by atoms with Crippen molar-refractivity contribution in [1.82, 2.24) is 4.90 Å². The highest BCUT2D eigenvalue weighted by atomic mass is 35.5. The van der Waals surface area contributed by atoms with E-state index >= 15 is 0 Å². The van der Waals surface area contributed by atoms with Crippen LogP contribution >= 0.6 is 11.6 Å². The molecule has 1 rings (SSSR count). The third-order valence-electron chi connectivity index (χ3n) is 1.97. The second-order valence-corrected chi connectivity index (χ2v) is 3.46. The van der Waals surface area contributed by atoms with Crippen molar-refractivity contribution in [3.63, 3.8) is 0 Å². The number of nitrogens with two attached hydrogens (primary N) is 1. The summed E-state index contributed by atoms with van der Waals surface area (Å²) >= 11 is 5.55. The minimum Gasteiger partial charge on any atom is -0.326 e. The fraction of sp³-hybridized carbons (Fsp3) is 0.750. The molecule has 1 fully saturated rings. The Bertz CT molecular complexity index is 156. The van der Waals surface area contributed by atoms with Gasteiger partial charge in [0, 0.05) is 31.2 Å². The summed E-state index contributed by atoms with van der Waals surface area (Å²) in [6, 6.07) is 0.373. The lowest BCUT2D eigenvalue weighted by Crippen LogP contribution is -2.27. The lowest BCUT2D eigenvalue weighted by atomic mass is 10.3.